The number of anilines is 1. The number of benzene rings is 1. The number of sulfonamides is 1. The third-order valence-electron chi connectivity index (χ3n) is 2.45. The molecule has 0 amide bonds. The highest BCUT2D eigenvalue weighted by atomic mass is 35.5. The van der Waals surface area contributed by atoms with E-state index in [1.165, 1.54) is 19.1 Å². The molecule has 114 valence electrons. The quantitative estimate of drug-likeness (QED) is 0.743. The van der Waals surface area contributed by atoms with Gasteiger partial charge in [0.05, 0.1) is 16.5 Å². The monoisotopic (exact) mass is 360 g/mol. The second kappa shape index (κ2) is 6.48. The number of hydrogen-bond donors (Lipinski definition) is 2. The average molecular weight is 361 g/mol. The number of nitrogens with one attached hydrogen (secondary N) is 1. The van der Waals surface area contributed by atoms with Crippen molar-refractivity contribution in [1.29, 1.82) is 0 Å². The maximum absolute atomic E-state index is 12.0. The maximum Gasteiger partial charge on any atom is 0.244 e. The smallest absolute Gasteiger partial charge is 0.244 e. The van der Waals surface area contributed by atoms with E-state index in [0.717, 1.165) is 0 Å². The van der Waals surface area contributed by atoms with Gasteiger partial charge in [-0.3, -0.25) is 0 Å². The van der Waals surface area contributed by atoms with Gasteiger partial charge in [-0.05, 0) is 12.1 Å². The molecule has 0 unspecified atom stereocenters. The molecular formula is C10H14Cl2N2O4S2. The summed E-state index contributed by atoms with van der Waals surface area (Å²) in [6.45, 7) is 1.23. The minimum Gasteiger partial charge on any atom is -0.398 e. The summed E-state index contributed by atoms with van der Waals surface area (Å²) in [5, 5.41) is 0.0841. The molecule has 0 atom stereocenters. The van der Waals surface area contributed by atoms with Gasteiger partial charge in [-0.2, -0.15) is 0 Å². The van der Waals surface area contributed by atoms with Crippen LogP contribution in [0.3, 0.4) is 0 Å². The Bertz CT molecular complexity index is 679. The van der Waals surface area contributed by atoms with Crippen LogP contribution < -0.4 is 10.5 Å². The number of nitrogen functional groups attached to an aromatic ring is 1. The molecule has 1 aromatic rings. The van der Waals surface area contributed by atoms with E-state index >= 15 is 0 Å². The molecule has 1 aromatic carbocycles. The van der Waals surface area contributed by atoms with E-state index in [1.54, 1.807) is 0 Å². The highest BCUT2D eigenvalue weighted by molar-refractivity contribution is 7.91. The molecule has 6 nitrogen and oxygen atoms in total. The van der Waals surface area contributed by atoms with Gasteiger partial charge in [-0.15, -0.1) is 0 Å². The van der Waals surface area contributed by atoms with E-state index in [4.69, 9.17) is 28.9 Å². The number of halogens is 2. The van der Waals surface area contributed by atoms with Crippen LogP contribution in [0.15, 0.2) is 17.0 Å². The van der Waals surface area contributed by atoms with Crippen molar-refractivity contribution in [2.75, 3.05) is 23.8 Å². The van der Waals surface area contributed by atoms with Crippen molar-refractivity contribution in [3.8, 4) is 0 Å². The van der Waals surface area contributed by atoms with Crippen LogP contribution in [0.1, 0.15) is 6.92 Å². The van der Waals surface area contributed by atoms with Gasteiger partial charge in [-0.1, -0.05) is 30.1 Å². The van der Waals surface area contributed by atoms with Crippen molar-refractivity contribution in [3.05, 3.63) is 22.2 Å². The molecule has 1 rings (SSSR count). The molecular weight excluding hydrogens is 347 g/mol. The van der Waals surface area contributed by atoms with Gasteiger partial charge < -0.3 is 5.73 Å². The molecule has 0 heterocycles. The maximum atomic E-state index is 12.0. The van der Waals surface area contributed by atoms with E-state index in [2.05, 4.69) is 4.72 Å². The lowest BCUT2D eigenvalue weighted by molar-refractivity contribution is 0.581. The zero-order valence-corrected chi connectivity index (χ0v) is 13.7. The fraction of sp³-hybridized carbons (Fsp3) is 0.400. The summed E-state index contributed by atoms with van der Waals surface area (Å²) in [6.07, 6.45) is 0. The van der Waals surface area contributed by atoms with Crippen LogP contribution in [0.25, 0.3) is 0 Å². The van der Waals surface area contributed by atoms with Gasteiger partial charge in [0.2, 0.25) is 10.0 Å². The van der Waals surface area contributed by atoms with E-state index in [0.29, 0.717) is 0 Å². The highest BCUT2D eigenvalue weighted by Gasteiger charge is 2.22. The third kappa shape index (κ3) is 4.49. The van der Waals surface area contributed by atoms with Gasteiger partial charge in [0.15, 0.2) is 9.84 Å². The predicted octanol–water partition coefficient (Wildman–Crippen LogP) is 1.29. The van der Waals surface area contributed by atoms with E-state index in [9.17, 15) is 16.8 Å². The summed E-state index contributed by atoms with van der Waals surface area (Å²) in [5.41, 5.74) is 5.48. The molecule has 0 aliphatic carbocycles. The van der Waals surface area contributed by atoms with Crippen LogP contribution >= 0.6 is 23.2 Å². The zero-order chi connectivity index (χ0) is 15.6. The Balaban J connectivity index is 2.96. The SMILES string of the molecule is CCS(=O)(=O)CCNS(=O)(=O)c1c(N)cc(Cl)cc1Cl. The largest absolute Gasteiger partial charge is 0.398 e. The van der Waals surface area contributed by atoms with E-state index in [1.807, 2.05) is 0 Å². The second-order valence-electron chi connectivity index (χ2n) is 3.94. The van der Waals surface area contributed by atoms with Crippen LogP contribution in [-0.4, -0.2) is 34.9 Å². The fourth-order valence-electron chi connectivity index (χ4n) is 1.41. The Labute approximate surface area is 128 Å². The molecule has 0 saturated carbocycles. The molecule has 0 saturated heterocycles. The normalized spacial score (nSPS) is 12.6. The molecule has 0 radical (unpaired) electrons. The second-order valence-corrected chi connectivity index (χ2v) is 8.96. The molecule has 0 aliphatic rings. The Morgan fingerprint density at radius 1 is 1.20 bits per heavy atom. The number of sulfone groups is 1. The number of rotatable bonds is 6. The average Bonchev–Trinajstić information content (AvgIpc) is 2.26. The standard InChI is InChI=1S/C10H14Cl2N2O4S2/c1-2-19(15,16)4-3-14-20(17,18)10-8(12)5-7(11)6-9(10)13/h5-6,14H,2-4,13H2,1H3. The Hall–Kier alpha value is -0.540. The molecule has 0 spiro atoms. The van der Waals surface area contributed by atoms with Gasteiger partial charge in [0.1, 0.15) is 4.90 Å². The molecule has 0 aromatic heterocycles. The molecule has 20 heavy (non-hydrogen) atoms. The summed E-state index contributed by atoms with van der Waals surface area (Å²) in [7, 11) is -7.26. The third-order valence-corrected chi connectivity index (χ3v) is 6.36. The summed E-state index contributed by atoms with van der Waals surface area (Å²) >= 11 is 11.5. The molecule has 10 heteroatoms. The zero-order valence-electron chi connectivity index (χ0n) is 10.6. The summed E-state index contributed by atoms with van der Waals surface area (Å²) in [5.74, 6) is -0.355. The molecule has 0 aliphatic heterocycles. The number of hydrogen-bond acceptors (Lipinski definition) is 5. The minimum absolute atomic E-state index is 0.0570. The Morgan fingerprint density at radius 3 is 2.30 bits per heavy atom. The Morgan fingerprint density at radius 2 is 1.80 bits per heavy atom. The van der Waals surface area contributed by atoms with Crippen molar-refractivity contribution in [2.24, 2.45) is 0 Å². The lowest BCUT2D eigenvalue weighted by Crippen LogP contribution is -2.30. The van der Waals surface area contributed by atoms with Gasteiger partial charge >= 0.3 is 0 Å². The summed E-state index contributed by atoms with van der Waals surface area (Å²) in [4.78, 5) is -0.308. The van der Waals surface area contributed by atoms with Crippen LogP contribution in [0.4, 0.5) is 5.69 Å². The van der Waals surface area contributed by atoms with Gasteiger partial charge in [-0.25, -0.2) is 21.6 Å². The minimum atomic E-state index is -4.00. The lowest BCUT2D eigenvalue weighted by Gasteiger charge is -2.11. The van der Waals surface area contributed by atoms with Crippen LogP contribution in [0.2, 0.25) is 10.0 Å². The van der Waals surface area contributed by atoms with Crippen molar-refractivity contribution in [1.82, 2.24) is 4.72 Å². The lowest BCUT2D eigenvalue weighted by atomic mass is 10.3. The first-order valence-corrected chi connectivity index (χ1v) is 9.59. The number of nitrogens with two attached hydrogens (primary N) is 1. The Kier molecular flexibility index (Phi) is 5.68. The van der Waals surface area contributed by atoms with Crippen LogP contribution in [0, 0.1) is 0 Å². The summed E-state index contributed by atoms with van der Waals surface area (Å²) < 4.78 is 48.8. The van der Waals surface area contributed by atoms with Crippen molar-refractivity contribution < 1.29 is 16.8 Å². The molecule has 0 fully saturated rings. The predicted molar refractivity (Wildman–Crippen MR) is 80.4 cm³/mol. The highest BCUT2D eigenvalue weighted by Crippen LogP contribution is 2.30. The van der Waals surface area contributed by atoms with Crippen molar-refractivity contribution >= 4 is 48.7 Å². The van der Waals surface area contributed by atoms with Crippen molar-refractivity contribution in [2.45, 2.75) is 11.8 Å². The van der Waals surface area contributed by atoms with Gasteiger partial charge in [0.25, 0.3) is 0 Å². The fourth-order valence-corrected chi connectivity index (χ4v) is 4.26. The summed E-state index contributed by atoms with van der Waals surface area (Å²) in [6, 6.07) is 2.50. The van der Waals surface area contributed by atoms with Crippen molar-refractivity contribution in [3.63, 3.8) is 0 Å². The first-order valence-electron chi connectivity index (χ1n) is 5.53. The van der Waals surface area contributed by atoms with E-state index < -0.39 is 19.9 Å². The van der Waals surface area contributed by atoms with E-state index in [-0.39, 0.29) is 38.7 Å². The first-order chi connectivity index (χ1) is 9.09. The molecule has 3 N–H and O–H groups in total. The first kappa shape index (κ1) is 17.5. The topological polar surface area (TPSA) is 106 Å². The van der Waals surface area contributed by atoms with Crippen LogP contribution in [-0.2, 0) is 19.9 Å². The molecule has 0 bridgehead atoms. The van der Waals surface area contributed by atoms with Crippen LogP contribution in [0.5, 0.6) is 0 Å². The van der Waals surface area contributed by atoms with Gasteiger partial charge in [0, 0.05) is 17.3 Å².